The van der Waals surface area contributed by atoms with Crippen molar-refractivity contribution in [3.8, 4) is 5.75 Å². The normalized spacial score (nSPS) is 12.8. The summed E-state index contributed by atoms with van der Waals surface area (Å²) in [4.78, 5) is 39.7. The van der Waals surface area contributed by atoms with Crippen molar-refractivity contribution in [1.82, 2.24) is 10.2 Å². The van der Waals surface area contributed by atoms with Gasteiger partial charge in [0.15, 0.2) is 5.78 Å². The molecular weight excluding hydrogens is 482 g/mol. The molecule has 2 aromatic rings. The lowest BCUT2D eigenvalue weighted by Gasteiger charge is -2.32. The lowest BCUT2D eigenvalue weighted by atomic mass is 10.1. The molecule has 2 aromatic carbocycles. The minimum Gasteiger partial charge on any atom is -0.497 e. The molecule has 0 heterocycles. The minimum atomic E-state index is -3.89. The number of carbonyl (C=O) groups excluding carboxylic acids is 3. The van der Waals surface area contributed by atoms with Gasteiger partial charge in [-0.1, -0.05) is 31.2 Å². The number of ether oxygens (including phenoxy) is 1. The highest BCUT2D eigenvalue weighted by molar-refractivity contribution is 7.92. The predicted octanol–water partition coefficient (Wildman–Crippen LogP) is 3.00. The standard InChI is InChI=1S/C26H35N3O6S/c1-7-18(2)27-26(32)19(3)28(16-21-10-8-13-24(14-21)35-5)25(31)17-29(36(6,33)34)23-12-9-11-22(15-23)20(4)30/h8-15,18-19H,7,16-17H2,1-6H3,(H,27,32)/t18-,19+/m0/s1. The van der Waals surface area contributed by atoms with E-state index < -0.39 is 28.5 Å². The molecule has 0 radical (unpaired) electrons. The van der Waals surface area contributed by atoms with Gasteiger partial charge in [0, 0.05) is 18.2 Å². The molecule has 0 saturated carbocycles. The van der Waals surface area contributed by atoms with Crippen LogP contribution in [0, 0.1) is 0 Å². The van der Waals surface area contributed by atoms with Gasteiger partial charge in [-0.05, 0) is 57.0 Å². The van der Waals surface area contributed by atoms with Crippen LogP contribution in [0.2, 0.25) is 0 Å². The molecule has 0 fully saturated rings. The van der Waals surface area contributed by atoms with Gasteiger partial charge in [0.25, 0.3) is 0 Å². The first-order chi connectivity index (χ1) is 16.9. The largest absolute Gasteiger partial charge is 0.497 e. The molecule has 0 aromatic heterocycles. The lowest BCUT2D eigenvalue weighted by Crippen LogP contribution is -2.52. The minimum absolute atomic E-state index is 0.0657. The highest BCUT2D eigenvalue weighted by Crippen LogP contribution is 2.21. The quantitative estimate of drug-likeness (QED) is 0.433. The molecule has 1 N–H and O–H groups in total. The third kappa shape index (κ3) is 7.81. The van der Waals surface area contributed by atoms with Gasteiger partial charge in [-0.15, -0.1) is 0 Å². The van der Waals surface area contributed by atoms with Crippen LogP contribution in [0.15, 0.2) is 48.5 Å². The maximum absolute atomic E-state index is 13.6. The van der Waals surface area contributed by atoms with E-state index in [0.29, 0.717) is 11.3 Å². The number of benzene rings is 2. The summed E-state index contributed by atoms with van der Waals surface area (Å²) >= 11 is 0. The zero-order valence-electron chi connectivity index (χ0n) is 21.6. The van der Waals surface area contributed by atoms with Crippen LogP contribution in [0.25, 0.3) is 0 Å². The average molecular weight is 518 g/mol. The number of sulfonamides is 1. The van der Waals surface area contributed by atoms with Gasteiger partial charge in [0.05, 0.1) is 19.1 Å². The third-order valence-corrected chi connectivity index (χ3v) is 7.02. The van der Waals surface area contributed by atoms with Crippen molar-refractivity contribution in [2.75, 3.05) is 24.2 Å². The first-order valence-corrected chi connectivity index (χ1v) is 13.5. The van der Waals surface area contributed by atoms with E-state index in [0.717, 1.165) is 22.5 Å². The van der Waals surface area contributed by atoms with E-state index in [-0.39, 0.29) is 30.0 Å². The summed E-state index contributed by atoms with van der Waals surface area (Å²) in [7, 11) is -2.36. The molecular formula is C26H35N3O6S. The fourth-order valence-corrected chi connectivity index (χ4v) is 4.35. The summed E-state index contributed by atoms with van der Waals surface area (Å²) in [5.74, 6) is -0.546. The van der Waals surface area contributed by atoms with Gasteiger partial charge in [0.1, 0.15) is 18.3 Å². The first kappa shape index (κ1) is 28.8. The molecule has 36 heavy (non-hydrogen) atoms. The number of nitrogens with one attached hydrogen (secondary N) is 1. The van der Waals surface area contributed by atoms with Gasteiger partial charge in [0.2, 0.25) is 21.8 Å². The number of anilines is 1. The van der Waals surface area contributed by atoms with E-state index in [9.17, 15) is 22.8 Å². The fraction of sp³-hybridized carbons (Fsp3) is 0.423. The van der Waals surface area contributed by atoms with Crippen LogP contribution >= 0.6 is 0 Å². The Morgan fingerprint density at radius 1 is 1.06 bits per heavy atom. The zero-order chi connectivity index (χ0) is 27.0. The lowest BCUT2D eigenvalue weighted by molar-refractivity contribution is -0.139. The summed E-state index contributed by atoms with van der Waals surface area (Å²) in [6, 6.07) is 12.2. The highest BCUT2D eigenvalue weighted by Gasteiger charge is 2.30. The molecule has 2 amide bonds. The molecule has 196 valence electrons. The molecule has 0 unspecified atom stereocenters. The third-order valence-electron chi connectivity index (χ3n) is 5.88. The monoisotopic (exact) mass is 517 g/mol. The zero-order valence-corrected chi connectivity index (χ0v) is 22.5. The maximum Gasteiger partial charge on any atom is 0.244 e. The van der Waals surface area contributed by atoms with Crippen LogP contribution < -0.4 is 14.4 Å². The fourth-order valence-electron chi connectivity index (χ4n) is 3.51. The number of rotatable bonds is 12. The van der Waals surface area contributed by atoms with Crippen molar-refractivity contribution < 1.29 is 27.5 Å². The molecule has 0 bridgehead atoms. The number of ketones is 1. The Labute approximate surface area is 213 Å². The Bertz CT molecular complexity index is 1200. The Morgan fingerprint density at radius 2 is 1.72 bits per heavy atom. The Hall–Kier alpha value is -3.40. The smallest absolute Gasteiger partial charge is 0.244 e. The maximum atomic E-state index is 13.6. The van der Waals surface area contributed by atoms with Gasteiger partial charge in [-0.3, -0.25) is 18.7 Å². The van der Waals surface area contributed by atoms with Crippen LogP contribution in [0.3, 0.4) is 0 Å². The predicted molar refractivity (Wildman–Crippen MR) is 140 cm³/mol. The van der Waals surface area contributed by atoms with Gasteiger partial charge in [-0.25, -0.2) is 8.42 Å². The Kier molecular flexibility index (Phi) is 10.0. The van der Waals surface area contributed by atoms with Crippen LogP contribution in [0.5, 0.6) is 5.75 Å². The molecule has 10 heteroatoms. The van der Waals surface area contributed by atoms with Gasteiger partial charge in [-0.2, -0.15) is 0 Å². The van der Waals surface area contributed by atoms with Crippen LogP contribution in [0.4, 0.5) is 5.69 Å². The van der Waals surface area contributed by atoms with Crippen LogP contribution in [-0.2, 0) is 26.2 Å². The summed E-state index contributed by atoms with van der Waals surface area (Å²) in [6.07, 6.45) is 1.71. The van der Waals surface area contributed by atoms with E-state index in [1.54, 1.807) is 43.3 Å². The molecule has 2 atom stereocenters. The van der Waals surface area contributed by atoms with Crippen molar-refractivity contribution in [1.29, 1.82) is 0 Å². The molecule has 0 aliphatic rings. The number of amides is 2. The second-order valence-corrected chi connectivity index (χ2v) is 10.6. The second kappa shape index (κ2) is 12.5. The van der Waals surface area contributed by atoms with E-state index in [4.69, 9.17) is 4.74 Å². The number of methoxy groups -OCH3 is 1. The number of carbonyl (C=O) groups is 3. The summed E-state index contributed by atoms with van der Waals surface area (Å²) < 4.78 is 31.6. The number of hydrogen-bond acceptors (Lipinski definition) is 6. The van der Waals surface area contributed by atoms with Gasteiger partial charge < -0.3 is 15.0 Å². The molecule has 0 spiro atoms. The molecule has 0 aliphatic carbocycles. The molecule has 0 aliphatic heterocycles. The van der Waals surface area contributed by atoms with Crippen molar-refractivity contribution >= 4 is 33.3 Å². The number of Topliss-reactive ketones (excluding diaryl/α,β-unsaturated/α-hetero) is 1. The van der Waals surface area contributed by atoms with E-state index in [1.807, 2.05) is 13.8 Å². The summed E-state index contributed by atoms with van der Waals surface area (Å²) in [5.41, 5.74) is 1.23. The van der Waals surface area contributed by atoms with Crippen LogP contribution in [-0.4, -0.2) is 62.9 Å². The molecule has 2 rings (SSSR count). The van der Waals surface area contributed by atoms with Crippen molar-refractivity contribution in [2.45, 2.75) is 52.7 Å². The summed E-state index contributed by atoms with van der Waals surface area (Å²) in [6.45, 7) is 6.32. The van der Waals surface area contributed by atoms with Gasteiger partial charge >= 0.3 is 0 Å². The topological polar surface area (TPSA) is 113 Å². The van der Waals surface area contributed by atoms with E-state index in [2.05, 4.69) is 5.32 Å². The van der Waals surface area contributed by atoms with Crippen molar-refractivity contribution in [3.63, 3.8) is 0 Å². The van der Waals surface area contributed by atoms with E-state index >= 15 is 0 Å². The van der Waals surface area contributed by atoms with Crippen molar-refractivity contribution in [3.05, 3.63) is 59.7 Å². The SMILES string of the molecule is CC[C@H](C)NC(=O)[C@@H](C)N(Cc1cccc(OC)c1)C(=O)CN(c1cccc(C(C)=O)c1)S(C)(=O)=O. The number of nitrogens with zero attached hydrogens (tertiary/aromatic N) is 2. The van der Waals surface area contributed by atoms with Crippen molar-refractivity contribution in [2.24, 2.45) is 0 Å². The Morgan fingerprint density at radius 3 is 2.31 bits per heavy atom. The highest BCUT2D eigenvalue weighted by atomic mass is 32.2. The Balaban J connectivity index is 2.44. The van der Waals surface area contributed by atoms with E-state index in [1.165, 1.54) is 31.1 Å². The van der Waals surface area contributed by atoms with Crippen LogP contribution in [0.1, 0.15) is 50.0 Å². The first-order valence-electron chi connectivity index (χ1n) is 11.7. The summed E-state index contributed by atoms with van der Waals surface area (Å²) in [5, 5.41) is 2.88. The molecule has 9 nitrogen and oxygen atoms in total. The molecule has 0 saturated heterocycles. The average Bonchev–Trinajstić information content (AvgIpc) is 2.84. The second-order valence-electron chi connectivity index (χ2n) is 8.74. The number of hydrogen-bond donors (Lipinski definition) is 1.